The summed E-state index contributed by atoms with van der Waals surface area (Å²) in [5.41, 5.74) is 1.56. The molecule has 2 aliphatic heterocycles. The number of hydrogen-bond donors (Lipinski definition) is 0. The maximum Gasteiger partial charge on any atom is 0.274 e. The minimum atomic E-state index is -0.0320. The number of ether oxygens (including phenoxy) is 1. The van der Waals surface area contributed by atoms with E-state index >= 15 is 0 Å². The van der Waals surface area contributed by atoms with Crippen LogP contribution in [0.2, 0.25) is 0 Å². The molecule has 2 aromatic rings. The molecule has 124 valence electrons. The average molecular weight is 342 g/mol. The Bertz CT molecular complexity index is 707. The number of aromatic nitrogens is 3. The van der Waals surface area contributed by atoms with E-state index in [0.717, 1.165) is 30.8 Å². The van der Waals surface area contributed by atoms with Crippen LogP contribution in [0.3, 0.4) is 0 Å². The average Bonchev–Trinajstić information content (AvgIpc) is 3.04. The van der Waals surface area contributed by atoms with Crippen LogP contribution < -0.4 is 0 Å². The quantitative estimate of drug-likeness (QED) is 0.844. The van der Waals surface area contributed by atoms with Crippen LogP contribution in [0.15, 0.2) is 43.1 Å². The monoisotopic (exact) mass is 342 g/mol. The Hall–Kier alpha value is -1.99. The van der Waals surface area contributed by atoms with Gasteiger partial charge in [0.2, 0.25) is 0 Å². The lowest BCUT2D eigenvalue weighted by molar-refractivity contribution is 0.0253. The Morgan fingerprint density at radius 1 is 1.25 bits per heavy atom. The molecule has 0 aliphatic carbocycles. The second-order valence-electron chi connectivity index (χ2n) is 6.24. The number of carbonyl (C=O) groups is 1. The van der Waals surface area contributed by atoms with Gasteiger partial charge < -0.3 is 9.64 Å². The normalized spacial score (nSPS) is 21.7. The highest BCUT2D eigenvalue weighted by molar-refractivity contribution is 8.01. The Labute approximate surface area is 144 Å². The maximum atomic E-state index is 12.3. The van der Waals surface area contributed by atoms with Crippen molar-refractivity contribution in [2.75, 3.05) is 18.8 Å². The molecule has 1 amide bonds. The van der Waals surface area contributed by atoms with E-state index in [-0.39, 0.29) is 16.8 Å². The van der Waals surface area contributed by atoms with Gasteiger partial charge in [0.1, 0.15) is 5.69 Å². The molecule has 7 heteroatoms. The topological polar surface area (TPSA) is 68.2 Å². The van der Waals surface area contributed by atoms with Gasteiger partial charge in [-0.1, -0.05) is 0 Å². The van der Waals surface area contributed by atoms with Crippen LogP contribution in [0.4, 0.5) is 0 Å². The first kappa shape index (κ1) is 15.5. The summed E-state index contributed by atoms with van der Waals surface area (Å²) in [5.74, 6) is 0.952. The summed E-state index contributed by atoms with van der Waals surface area (Å²) in [7, 11) is 0. The van der Waals surface area contributed by atoms with Crippen LogP contribution >= 0.6 is 11.8 Å². The van der Waals surface area contributed by atoms with Gasteiger partial charge in [-0.2, -0.15) is 0 Å². The number of rotatable bonds is 4. The highest BCUT2D eigenvalue weighted by Gasteiger charge is 2.51. The Morgan fingerprint density at radius 2 is 2.08 bits per heavy atom. The van der Waals surface area contributed by atoms with Gasteiger partial charge >= 0.3 is 0 Å². The van der Waals surface area contributed by atoms with Crippen LogP contribution in [0.5, 0.6) is 0 Å². The predicted molar refractivity (Wildman–Crippen MR) is 90.6 cm³/mol. The standard InChI is InChI=1S/C17H18N4O2S/c22-16(15-8-19-5-6-20-15)21-11-17(12-21)7-14(10-24-17)23-9-13-1-3-18-4-2-13/h1-6,8,14H,7,9-12H2/t14-/m1/s1. The Morgan fingerprint density at radius 3 is 2.83 bits per heavy atom. The second-order valence-corrected chi connectivity index (χ2v) is 7.73. The fourth-order valence-corrected chi connectivity index (χ4v) is 4.74. The fourth-order valence-electron chi connectivity index (χ4n) is 3.19. The van der Waals surface area contributed by atoms with Gasteiger partial charge in [0.15, 0.2) is 0 Å². The van der Waals surface area contributed by atoms with E-state index < -0.39 is 0 Å². The van der Waals surface area contributed by atoms with E-state index in [1.165, 1.54) is 6.20 Å². The van der Waals surface area contributed by atoms with Crippen molar-refractivity contribution in [1.29, 1.82) is 0 Å². The summed E-state index contributed by atoms with van der Waals surface area (Å²) in [6.07, 6.45) is 9.46. The highest BCUT2D eigenvalue weighted by atomic mass is 32.2. The molecular formula is C17H18N4O2S. The molecule has 1 atom stereocenters. The van der Waals surface area contributed by atoms with E-state index in [1.807, 2.05) is 28.8 Å². The van der Waals surface area contributed by atoms with Crippen LogP contribution in [-0.2, 0) is 11.3 Å². The zero-order valence-electron chi connectivity index (χ0n) is 13.2. The lowest BCUT2D eigenvalue weighted by Crippen LogP contribution is -2.60. The molecule has 2 saturated heterocycles. The molecule has 0 saturated carbocycles. The van der Waals surface area contributed by atoms with E-state index in [4.69, 9.17) is 4.74 Å². The van der Waals surface area contributed by atoms with Crippen molar-refractivity contribution in [3.63, 3.8) is 0 Å². The molecule has 2 aliphatic rings. The SMILES string of the molecule is O=C(c1cnccn1)N1CC2(C[C@@H](OCc3ccncc3)CS2)C1. The zero-order chi connectivity index (χ0) is 16.4. The summed E-state index contributed by atoms with van der Waals surface area (Å²) in [6, 6.07) is 3.95. The Balaban J connectivity index is 1.28. The number of amides is 1. The largest absolute Gasteiger partial charge is 0.373 e. The van der Waals surface area contributed by atoms with Gasteiger partial charge in [0.25, 0.3) is 5.91 Å². The number of nitrogens with zero attached hydrogens (tertiary/aromatic N) is 4. The molecule has 2 fully saturated rings. The number of carbonyl (C=O) groups excluding carboxylic acids is 1. The predicted octanol–water partition coefficient (Wildman–Crippen LogP) is 1.79. The van der Waals surface area contributed by atoms with E-state index in [0.29, 0.717) is 12.3 Å². The molecule has 0 radical (unpaired) electrons. The summed E-state index contributed by atoms with van der Waals surface area (Å²) >= 11 is 1.92. The van der Waals surface area contributed by atoms with Crippen molar-refractivity contribution in [1.82, 2.24) is 19.9 Å². The molecule has 0 unspecified atom stereocenters. The molecule has 6 nitrogen and oxygen atoms in total. The van der Waals surface area contributed by atoms with E-state index in [9.17, 15) is 4.79 Å². The van der Waals surface area contributed by atoms with Gasteiger partial charge in [-0.05, 0) is 24.1 Å². The number of likely N-dealkylation sites (tertiary alicyclic amines) is 1. The lowest BCUT2D eigenvalue weighted by Gasteiger charge is -2.47. The fraction of sp³-hybridized carbons (Fsp3) is 0.412. The third-order valence-corrected chi connectivity index (χ3v) is 6.01. The van der Waals surface area contributed by atoms with Crippen LogP contribution in [0.1, 0.15) is 22.5 Å². The van der Waals surface area contributed by atoms with Crippen LogP contribution in [-0.4, -0.2) is 55.5 Å². The van der Waals surface area contributed by atoms with Crippen molar-refractivity contribution in [2.24, 2.45) is 0 Å². The first-order chi connectivity index (χ1) is 11.7. The second kappa shape index (κ2) is 6.49. The molecule has 2 aromatic heterocycles. The van der Waals surface area contributed by atoms with Gasteiger partial charge in [0, 0.05) is 43.6 Å². The smallest absolute Gasteiger partial charge is 0.274 e. The molecular weight excluding hydrogens is 324 g/mol. The van der Waals surface area contributed by atoms with Gasteiger partial charge in [-0.25, -0.2) is 4.98 Å². The molecule has 4 rings (SSSR count). The highest BCUT2D eigenvalue weighted by Crippen LogP contribution is 2.46. The lowest BCUT2D eigenvalue weighted by atomic mass is 9.92. The molecule has 4 heterocycles. The van der Waals surface area contributed by atoms with E-state index in [1.54, 1.807) is 24.8 Å². The first-order valence-electron chi connectivity index (χ1n) is 7.94. The van der Waals surface area contributed by atoms with Crippen molar-refractivity contribution in [3.8, 4) is 0 Å². The van der Waals surface area contributed by atoms with Crippen LogP contribution in [0.25, 0.3) is 0 Å². The van der Waals surface area contributed by atoms with Gasteiger partial charge in [-0.15, -0.1) is 11.8 Å². The Kier molecular flexibility index (Phi) is 4.20. The zero-order valence-corrected chi connectivity index (χ0v) is 14.0. The third kappa shape index (κ3) is 3.14. The minimum absolute atomic E-state index is 0.0320. The minimum Gasteiger partial charge on any atom is -0.373 e. The summed E-state index contributed by atoms with van der Waals surface area (Å²) in [5, 5.41) is 0. The van der Waals surface area contributed by atoms with Crippen molar-refractivity contribution in [2.45, 2.75) is 23.9 Å². The third-order valence-electron chi connectivity index (χ3n) is 4.44. The molecule has 1 spiro atoms. The summed E-state index contributed by atoms with van der Waals surface area (Å²) < 4.78 is 6.18. The summed E-state index contributed by atoms with van der Waals surface area (Å²) in [6.45, 7) is 2.15. The number of pyridine rings is 1. The number of hydrogen-bond acceptors (Lipinski definition) is 6. The summed E-state index contributed by atoms with van der Waals surface area (Å²) in [4.78, 5) is 26.2. The first-order valence-corrected chi connectivity index (χ1v) is 8.92. The molecule has 0 bridgehead atoms. The maximum absolute atomic E-state index is 12.3. The molecule has 0 aromatic carbocycles. The molecule has 0 N–H and O–H groups in total. The number of thioether (sulfide) groups is 1. The van der Waals surface area contributed by atoms with Crippen molar-refractivity contribution >= 4 is 17.7 Å². The molecule has 24 heavy (non-hydrogen) atoms. The van der Waals surface area contributed by atoms with Crippen LogP contribution in [0, 0.1) is 0 Å². The van der Waals surface area contributed by atoms with Gasteiger partial charge in [-0.3, -0.25) is 14.8 Å². The van der Waals surface area contributed by atoms with Crippen molar-refractivity contribution in [3.05, 3.63) is 54.4 Å². The van der Waals surface area contributed by atoms with Gasteiger partial charge in [0.05, 0.1) is 23.7 Å². The van der Waals surface area contributed by atoms with E-state index in [2.05, 4.69) is 15.0 Å². The van der Waals surface area contributed by atoms with Crippen molar-refractivity contribution < 1.29 is 9.53 Å².